The summed E-state index contributed by atoms with van der Waals surface area (Å²) in [6.45, 7) is 6.14. The Labute approximate surface area is 215 Å². The van der Waals surface area contributed by atoms with E-state index in [0.717, 1.165) is 54.8 Å². The number of anilines is 1. The molecule has 1 atom stereocenters. The molecule has 6 nitrogen and oxygen atoms in total. The molecule has 0 spiro atoms. The van der Waals surface area contributed by atoms with Crippen molar-refractivity contribution >= 4 is 33.9 Å². The van der Waals surface area contributed by atoms with E-state index >= 15 is 0 Å². The molecule has 3 aromatic carbocycles. The molecule has 36 heavy (non-hydrogen) atoms. The number of carbonyl (C=O) groups is 1. The highest BCUT2D eigenvalue weighted by Crippen LogP contribution is 2.25. The van der Waals surface area contributed by atoms with E-state index in [1.807, 2.05) is 66.4 Å². The summed E-state index contributed by atoms with van der Waals surface area (Å²) in [5.74, 6) is 0.0468. The normalized spacial score (nSPS) is 15.4. The van der Waals surface area contributed by atoms with E-state index in [0.29, 0.717) is 17.0 Å². The molecule has 1 aliphatic rings. The number of rotatable bonds is 6. The number of carbonyl (C=O) groups excluding carboxylic acids is 1. The van der Waals surface area contributed by atoms with Gasteiger partial charge in [-0.3, -0.25) is 14.7 Å². The molecule has 1 saturated heterocycles. The summed E-state index contributed by atoms with van der Waals surface area (Å²) in [5.41, 5.74) is 4.29. The Hall–Kier alpha value is -3.39. The molecule has 0 bridgehead atoms. The van der Waals surface area contributed by atoms with Crippen molar-refractivity contribution in [1.29, 1.82) is 0 Å². The fourth-order valence-electron chi connectivity index (χ4n) is 4.65. The number of aryl methyl sites for hydroxylation is 1. The number of nitrogens with zero attached hydrogens (tertiary/aromatic N) is 3. The molecular formula is C29H30N4O2S. The minimum Gasteiger partial charge on any atom is -0.588 e. The van der Waals surface area contributed by atoms with Crippen LogP contribution in [0.3, 0.4) is 0 Å². The SMILES string of the molecule is Cc1cc(C(=O)N2CCCN(Cc3ccccc3)CC2)ccc1N[S+]([O-])c1cccc2cccnc12. The van der Waals surface area contributed by atoms with Crippen molar-refractivity contribution in [3.05, 3.63) is 102 Å². The van der Waals surface area contributed by atoms with Crippen molar-refractivity contribution in [2.24, 2.45) is 0 Å². The summed E-state index contributed by atoms with van der Waals surface area (Å²) in [5, 5.41) is 0.947. The van der Waals surface area contributed by atoms with Crippen molar-refractivity contribution in [3.63, 3.8) is 0 Å². The fraction of sp³-hybridized carbons (Fsp3) is 0.241. The van der Waals surface area contributed by atoms with Gasteiger partial charge in [0.2, 0.25) is 4.90 Å². The van der Waals surface area contributed by atoms with Gasteiger partial charge in [0.15, 0.2) is 0 Å². The largest absolute Gasteiger partial charge is 0.588 e. The lowest BCUT2D eigenvalue weighted by molar-refractivity contribution is 0.0761. The first-order chi connectivity index (χ1) is 17.6. The van der Waals surface area contributed by atoms with Crippen molar-refractivity contribution in [2.45, 2.75) is 24.8 Å². The Bertz CT molecular complexity index is 1340. The molecule has 184 valence electrons. The highest BCUT2D eigenvalue weighted by Gasteiger charge is 2.22. The number of para-hydroxylation sites is 1. The Morgan fingerprint density at radius 2 is 1.81 bits per heavy atom. The van der Waals surface area contributed by atoms with E-state index in [1.165, 1.54) is 5.56 Å². The summed E-state index contributed by atoms with van der Waals surface area (Å²) in [7, 11) is 0. The number of hydrogen-bond acceptors (Lipinski definition) is 5. The number of fused-ring (bicyclic) bond motifs is 1. The predicted molar refractivity (Wildman–Crippen MR) is 145 cm³/mol. The van der Waals surface area contributed by atoms with Crippen LogP contribution in [0.5, 0.6) is 0 Å². The van der Waals surface area contributed by atoms with Gasteiger partial charge in [0.25, 0.3) is 5.91 Å². The van der Waals surface area contributed by atoms with Crippen LogP contribution >= 0.6 is 0 Å². The van der Waals surface area contributed by atoms with Gasteiger partial charge in [0.05, 0.1) is 5.69 Å². The third kappa shape index (κ3) is 5.54. The van der Waals surface area contributed by atoms with Crippen molar-refractivity contribution < 1.29 is 9.35 Å². The van der Waals surface area contributed by atoms with Crippen LogP contribution < -0.4 is 4.72 Å². The second-order valence-corrected chi connectivity index (χ2v) is 10.3. The zero-order valence-corrected chi connectivity index (χ0v) is 21.2. The van der Waals surface area contributed by atoms with Crippen LogP contribution in [0.15, 0.2) is 90.0 Å². The van der Waals surface area contributed by atoms with E-state index in [4.69, 9.17) is 0 Å². The van der Waals surface area contributed by atoms with Crippen LogP contribution in [0.25, 0.3) is 10.9 Å². The zero-order chi connectivity index (χ0) is 24.9. The highest BCUT2D eigenvalue weighted by atomic mass is 32.2. The number of amides is 1. The first kappa shape index (κ1) is 24.3. The Kier molecular flexibility index (Phi) is 7.51. The van der Waals surface area contributed by atoms with Gasteiger partial charge in [-0.05, 0) is 54.8 Å². The molecule has 4 aromatic rings. The minimum atomic E-state index is -1.48. The number of hydrogen-bond donors (Lipinski definition) is 1. The number of pyridine rings is 1. The van der Waals surface area contributed by atoms with Crippen LogP contribution in [-0.2, 0) is 17.9 Å². The fourth-order valence-corrected chi connectivity index (χ4v) is 5.74. The lowest BCUT2D eigenvalue weighted by atomic mass is 10.1. The van der Waals surface area contributed by atoms with Gasteiger partial charge >= 0.3 is 0 Å². The third-order valence-electron chi connectivity index (χ3n) is 6.60. The van der Waals surface area contributed by atoms with Gasteiger partial charge in [-0.2, -0.15) is 0 Å². The van der Waals surface area contributed by atoms with Crippen LogP contribution in [-0.4, -0.2) is 51.4 Å². The lowest BCUT2D eigenvalue weighted by Crippen LogP contribution is -2.35. The predicted octanol–water partition coefficient (Wildman–Crippen LogP) is 5.03. The molecule has 1 N–H and O–H groups in total. The first-order valence-corrected chi connectivity index (χ1v) is 13.4. The average Bonchev–Trinajstić information content (AvgIpc) is 3.15. The zero-order valence-electron chi connectivity index (χ0n) is 20.4. The van der Waals surface area contributed by atoms with Crippen LogP contribution in [0.4, 0.5) is 5.69 Å². The van der Waals surface area contributed by atoms with E-state index in [1.54, 1.807) is 6.20 Å². The quantitative estimate of drug-likeness (QED) is 0.378. The molecule has 0 radical (unpaired) electrons. The van der Waals surface area contributed by atoms with E-state index in [-0.39, 0.29) is 5.91 Å². The maximum Gasteiger partial charge on any atom is 0.253 e. The van der Waals surface area contributed by atoms with E-state index in [2.05, 4.69) is 38.9 Å². The molecule has 7 heteroatoms. The third-order valence-corrected chi connectivity index (χ3v) is 7.73. The molecule has 1 fully saturated rings. The van der Waals surface area contributed by atoms with E-state index < -0.39 is 11.4 Å². The summed E-state index contributed by atoms with van der Waals surface area (Å²) in [6, 6.07) is 25.5. The van der Waals surface area contributed by atoms with Gasteiger partial charge < -0.3 is 9.45 Å². The van der Waals surface area contributed by atoms with Gasteiger partial charge in [0.1, 0.15) is 16.9 Å². The van der Waals surface area contributed by atoms with Gasteiger partial charge in [-0.25, -0.2) is 4.72 Å². The maximum atomic E-state index is 13.3. The molecule has 1 unspecified atom stereocenters. The Balaban J connectivity index is 1.24. The Morgan fingerprint density at radius 3 is 2.64 bits per heavy atom. The smallest absolute Gasteiger partial charge is 0.253 e. The number of aromatic nitrogens is 1. The lowest BCUT2D eigenvalue weighted by Gasteiger charge is -2.22. The molecule has 0 aliphatic carbocycles. The summed E-state index contributed by atoms with van der Waals surface area (Å²) in [6.07, 6.45) is 2.66. The topological polar surface area (TPSA) is 71.5 Å². The monoisotopic (exact) mass is 498 g/mol. The molecule has 1 aliphatic heterocycles. The summed E-state index contributed by atoms with van der Waals surface area (Å²) in [4.78, 5) is 22.7. The number of benzene rings is 3. The van der Waals surface area contributed by atoms with Gasteiger partial charge in [-0.15, -0.1) is 0 Å². The second-order valence-electron chi connectivity index (χ2n) is 9.14. The standard InChI is InChI=1S/C29H30N4O2S/c1-22-20-25(29(34)33-17-7-16-32(18-19-33)21-23-8-3-2-4-9-23)13-14-26(22)31-36(35)27-12-5-10-24-11-6-15-30-28(24)27/h2-6,8-15,20,31H,7,16-19,21H2,1H3. The summed E-state index contributed by atoms with van der Waals surface area (Å²) < 4.78 is 16.2. The molecule has 0 saturated carbocycles. The minimum absolute atomic E-state index is 0.0468. The Morgan fingerprint density at radius 1 is 0.972 bits per heavy atom. The molecule has 5 rings (SSSR count). The first-order valence-electron chi connectivity index (χ1n) is 12.3. The van der Waals surface area contributed by atoms with Crippen LogP contribution in [0.2, 0.25) is 0 Å². The highest BCUT2D eigenvalue weighted by molar-refractivity contribution is 7.93. The summed E-state index contributed by atoms with van der Waals surface area (Å²) >= 11 is -1.48. The molecular weight excluding hydrogens is 468 g/mol. The van der Waals surface area contributed by atoms with E-state index in [9.17, 15) is 9.35 Å². The molecule has 1 aromatic heterocycles. The number of nitrogens with one attached hydrogen (secondary N) is 1. The van der Waals surface area contributed by atoms with Crippen LogP contribution in [0, 0.1) is 6.92 Å². The average molecular weight is 499 g/mol. The second kappa shape index (κ2) is 11.1. The van der Waals surface area contributed by atoms with Crippen molar-refractivity contribution in [2.75, 3.05) is 30.9 Å². The molecule has 2 heterocycles. The molecule has 1 amide bonds. The maximum absolute atomic E-state index is 13.3. The van der Waals surface area contributed by atoms with Crippen molar-refractivity contribution in [1.82, 2.24) is 14.8 Å². The van der Waals surface area contributed by atoms with Gasteiger partial charge in [0, 0.05) is 49.9 Å². The van der Waals surface area contributed by atoms with Crippen LogP contribution in [0.1, 0.15) is 27.9 Å². The van der Waals surface area contributed by atoms with Gasteiger partial charge in [-0.1, -0.05) is 48.5 Å². The van der Waals surface area contributed by atoms with Crippen molar-refractivity contribution in [3.8, 4) is 0 Å².